The molecule has 0 bridgehead atoms. The molecule has 0 saturated carbocycles. The topological polar surface area (TPSA) is 81.4 Å². The minimum atomic E-state index is -0.478. The fourth-order valence-corrected chi connectivity index (χ4v) is 3.27. The number of esters is 1. The second-order valence-corrected chi connectivity index (χ2v) is 7.44. The van der Waals surface area contributed by atoms with E-state index < -0.39 is 11.8 Å². The first-order valence-electron chi connectivity index (χ1n) is 10.1. The van der Waals surface area contributed by atoms with Crippen molar-refractivity contribution in [3.8, 4) is 17.1 Å². The van der Waals surface area contributed by atoms with Crippen LogP contribution in [0.4, 0.5) is 10.1 Å². The third-order valence-corrected chi connectivity index (χ3v) is 5.03. The molecule has 0 unspecified atom stereocenters. The van der Waals surface area contributed by atoms with Crippen molar-refractivity contribution in [1.29, 1.82) is 0 Å². The molecule has 0 spiro atoms. The highest BCUT2D eigenvalue weighted by Crippen LogP contribution is 2.24. The number of rotatable bonds is 7. The number of benzene rings is 3. The minimum absolute atomic E-state index is 0.0300. The average molecular weight is 465 g/mol. The fourth-order valence-electron chi connectivity index (χ4n) is 3.05. The molecule has 0 aliphatic heterocycles. The predicted octanol–water partition coefficient (Wildman–Crippen LogP) is 5.92. The van der Waals surface area contributed by atoms with Gasteiger partial charge in [0.2, 0.25) is 0 Å². The van der Waals surface area contributed by atoms with Gasteiger partial charge in [-0.25, -0.2) is 9.37 Å². The van der Waals surface area contributed by atoms with E-state index in [1.807, 2.05) is 0 Å². The minimum Gasteiger partial charge on any atom is -0.441 e. The SMILES string of the molecule is O=C(CCc1ncc(-c2ccccc2F)o1)Oc1ccc(NC(=O)c2ccccc2Cl)cc1. The van der Waals surface area contributed by atoms with Gasteiger partial charge in [0.25, 0.3) is 5.91 Å². The first-order valence-corrected chi connectivity index (χ1v) is 10.4. The lowest BCUT2D eigenvalue weighted by Crippen LogP contribution is -2.12. The van der Waals surface area contributed by atoms with E-state index in [0.717, 1.165) is 0 Å². The van der Waals surface area contributed by atoms with Crippen molar-refractivity contribution in [2.75, 3.05) is 5.32 Å². The Labute approximate surface area is 194 Å². The molecule has 6 nitrogen and oxygen atoms in total. The molecule has 0 fully saturated rings. The van der Waals surface area contributed by atoms with Crippen LogP contribution in [0.15, 0.2) is 83.4 Å². The summed E-state index contributed by atoms with van der Waals surface area (Å²) < 4.78 is 24.7. The molecule has 1 aromatic heterocycles. The van der Waals surface area contributed by atoms with Crippen molar-refractivity contribution in [1.82, 2.24) is 4.98 Å². The summed E-state index contributed by atoms with van der Waals surface area (Å²) in [4.78, 5) is 28.6. The summed E-state index contributed by atoms with van der Waals surface area (Å²) in [5, 5.41) is 3.09. The van der Waals surface area contributed by atoms with Gasteiger partial charge in [0, 0.05) is 12.1 Å². The Bertz CT molecular complexity index is 1290. The lowest BCUT2D eigenvalue weighted by Gasteiger charge is -2.08. The highest BCUT2D eigenvalue weighted by atomic mass is 35.5. The van der Waals surface area contributed by atoms with E-state index in [4.69, 9.17) is 20.8 Å². The summed E-state index contributed by atoms with van der Waals surface area (Å²) in [6.45, 7) is 0. The number of carbonyl (C=O) groups is 2. The van der Waals surface area contributed by atoms with Gasteiger partial charge in [-0.15, -0.1) is 0 Å². The zero-order chi connectivity index (χ0) is 23.2. The van der Waals surface area contributed by atoms with Gasteiger partial charge in [0.1, 0.15) is 11.6 Å². The molecule has 0 saturated heterocycles. The monoisotopic (exact) mass is 464 g/mol. The lowest BCUT2D eigenvalue weighted by atomic mass is 10.2. The van der Waals surface area contributed by atoms with Gasteiger partial charge in [0.15, 0.2) is 11.7 Å². The van der Waals surface area contributed by atoms with E-state index >= 15 is 0 Å². The van der Waals surface area contributed by atoms with Gasteiger partial charge in [-0.05, 0) is 48.5 Å². The Balaban J connectivity index is 1.29. The maximum absolute atomic E-state index is 13.9. The van der Waals surface area contributed by atoms with E-state index in [2.05, 4.69) is 10.3 Å². The van der Waals surface area contributed by atoms with Crippen molar-refractivity contribution >= 4 is 29.2 Å². The third kappa shape index (κ3) is 5.64. The number of nitrogens with zero attached hydrogens (tertiary/aromatic N) is 1. The van der Waals surface area contributed by atoms with Crippen molar-refractivity contribution < 1.29 is 23.1 Å². The summed E-state index contributed by atoms with van der Waals surface area (Å²) in [7, 11) is 0. The second kappa shape index (κ2) is 10.1. The number of oxazole rings is 1. The van der Waals surface area contributed by atoms with Crippen LogP contribution in [0.1, 0.15) is 22.7 Å². The molecular formula is C25H18ClFN2O4. The Hall–Kier alpha value is -3.97. The van der Waals surface area contributed by atoms with Crippen LogP contribution in [0.5, 0.6) is 5.75 Å². The van der Waals surface area contributed by atoms with E-state index in [0.29, 0.717) is 39.2 Å². The normalized spacial score (nSPS) is 10.6. The molecule has 8 heteroatoms. The number of aryl methyl sites for hydroxylation is 1. The molecule has 166 valence electrons. The number of aromatic nitrogens is 1. The molecule has 4 aromatic rings. The predicted molar refractivity (Wildman–Crippen MR) is 122 cm³/mol. The maximum Gasteiger partial charge on any atom is 0.311 e. The number of amides is 1. The molecule has 3 aromatic carbocycles. The van der Waals surface area contributed by atoms with Crippen molar-refractivity contribution in [2.24, 2.45) is 0 Å². The Kier molecular flexibility index (Phi) is 6.80. The summed E-state index contributed by atoms with van der Waals surface area (Å²) in [5.74, 6) is -0.297. The summed E-state index contributed by atoms with van der Waals surface area (Å²) in [6, 6.07) is 19.3. The van der Waals surface area contributed by atoms with Crippen molar-refractivity contribution in [3.05, 3.63) is 101 Å². The van der Waals surface area contributed by atoms with Crippen LogP contribution in [0.25, 0.3) is 11.3 Å². The standard InChI is InChI=1S/C25H18ClFN2O4/c26-20-7-3-1-5-18(20)25(31)29-16-9-11-17(12-10-16)32-24(30)14-13-23-28-15-22(33-23)19-6-2-4-8-21(19)27/h1-12,15H,13-14H2,(H,29,31). The quantitative estimate of drug-likeness (QED) is 0.271. The van der Waals surface area contributed by atoms with Crippen LogP contribution < -0.4 is 10.1 Å². The summed E-state index contributed by atoms with van der Waals surface area (Å²) in [6.07, 6.45) is 1.66. The van der Waals surface area contributed by atoms with Crippen LogP contribution in [0.3, 0.4) is 0 Å². The number of halogens is 2. The van der Waals surface area contributed by atoms with Crippen LogP contribution in [0, 0.1) is 5.82 Å². The number of nitrogens with one attached hydrogen (secondary N) is 1. The van der Waals surface area contributed by atoms with Gasteiger partial charge in [-0.1, -0.05) is 35.9 Å². The molecule has 4 rings (SSSR count). The molecule has 0 aliphatic carbocycles. The van der Waals surface area contributed by atoms with Crippen molar-refractivity contribution in [3.63, 3.8) is 0 Å². The van der Waals surface area contributed by atoms with E-state index in [9.17, 15) is 14.0 Å². The fraction of sp³-hybridized carbons (Fsp3) is 0.0800. The van der Waals surface area contributed by atoms with Gasteiger partial charge in [-0.3, -0.25) is 9.59 Å². The summed E-state index contributed by atoms with van der Waals surface area (Å²) in [5.41, 5.74) is 1.19. The summed E-state index contributed by atoms with van der Waals surface area (Å²) >= 11 is 6.04. The highest BCUT2D eigenvalue weighted by molar-refractivity contribution is 6.34. The molecule has 1 amide bonds. The molecular weight excluding hydrogens is 447 g/mol. The van der Waals surface area contributed by atoms with Gasteiger partial charge in [0.05, 0.1) is 28.8 Å². The van der Waals surface area contributed by atoms with Crippen LogP contribution in [-0.2, 0) is 11.2 Å². The molecule has 1 heterocycles. The molecule has 33 heavy (non-hydrogen) atoms. The smallest absolute Gasteiger partial charge is 0.311 e. The van der Waals surface area contributed by atoms with Gasteiger partial charge < -0.3 is 14.5 Å². The third-order valence-electron chi connectivity index (χ3n) is 4.70. The van der Waals surface area contributed by atoms with Gasteiger partial charge >= 0.3 is 5.97 Å². The lowest BCUT2D eigenvalue weighted by molar-refractivity contribution is -0.134. The highest BCUT2D eigenvalue weighted by Gasteiger charge is 2.13. The Morgan fingerprint density at radius 2 is 1.73 bits per heavy atom. The van der Waals surface area contributed by atoms with Gasteiger partial charge in [-0.2, -0.15) is 0 Å². The second-order valence-electron chi connectivity index (χ2n) is 7.03. The number of carbonyl (C=O) groups excluding carboxylic acids is 2. The zero-order valence-electron chi connectivity index (χ0n) is 17.3. The Morgan fingerprint density at radius 3 is 2.48 bits per heavy atom. The first-order chi connectivity index (χ1) is 16.0. The van der Waals surface area contributed by atoms with Crippen LogP contribution in [-0.4, -0.2) is 16.9 Å². The van der Waals surface area contributed by atoms with E-state index in [1.54, 1.807) is 66.7 Å². The molecule has 1 N–H and O–H groups in total. The average Bonchev–Trinajstić information content (AvgIpc) is 3.28. The Morgan fingerprint density at radius 1 is 1.00 bits per heavy atom. The molecule has 0 radical (unpaired) electrons. The van der Waals surface area contributed by atoms with Crippen LogP contribution in [0.2, 0.25) is 5.02 Å². The van der Waals surface area contributed by atoms with Crippen molar-refractivity contribution in [2.45, 2.75) is 12.8 Å². The van der Waals surface area contributed by atoms with Crippen LogP contribution >= 0.6 is 11.6 Å². The van der Waals surface area contributed by atoms with E-state index in [1.165, 1.54) is 12.3 Å². The number of hydrogen-bond acceptors (Lipinski definition) is 5. The number of ether oxygens (including phenoxy) is 1. The molecule has 0 aliphatic rings. The largest absolute Gasteiger partial charge is 0.441 e. The zero-order valence-corrected chi connectivity index (χ0v) is 18.0. The molecule has 0 atom stereocenters. The number of anilines is 1. The maximum atomic E-state index is 13.9. The first kappa shape index (κ1) is 22.2. The number of hydrogen-bond donors (Lipinski definition) is 1. The van der Waals surface area contributed by atoms with E-state index in [-0.39, 0.29) is 18.7 Å².